The van der Waals surface area contributed by atoms with Crippen LogP contribution in [0, 0.1) is 0 Å². The first kappa shape index (κ1) is 20.9. The van der Waals surface area contributed by atoms with Crippen LogP contribution in [0.2, 0.25) is 0 Å². The number of carbonyl (C=O) groups is 2. The number of ether oxygens (including phenoxy) is 1. The van der Waals surface area contributed by atoms with Crippen molar-refractivity contribution < 1.29 is 14.3 Å². The van der Waals surface area contributed by atoms with Gasteiger partial charge in [-0.25, -0.2) is 0 Å². The van der Waals surface area contributed by atoms with E-state index >= 15 is 0 Å². The Kier molecular flexibility index (Phi) is 7.39. The molecule has 0 unspecified atom stereocenters. The van der Waals surface area contributed by atoms with E-state index in [0.717, 1.165) is 16.9 Å². The number of hydrogen-bond acceptors (Lipinski definition) is 3. The van der Waals surface area contributed by atoms with Crippen LogP contribution in [0.5, 0.6) is 5.75 Å². The Balaban J connectivity index is 1.55. The third kappa shape index (κ3) is 6.63. The van der Waals surface area contributed by atoms with Crippen molar-refractivity contribution in [2.75, 3.05) is 17.2 Å². The molecule has 0 aliphatic carbocycles. The molecule has 152 valence electrons. The maximum absolute atomic E-state index is 12.2. The Morgan fingerprint density at radius 1 is 0.867 bits per heavy atom. The van der Waals surface area contributed by atoms with Crippen molar-refractivity contribution in [3.8, 4) is 5.75 Å². The highest BCUT2D eigenvalue weighted by atomic mass is 16.5. The predicted molar refractivity (Wildman–Crippen MR) is 120 cm³/mol. The van der Waals surface area contributed by atoms with Gasteiger partial charge in [0.25, 0.3) is 0 Å². The minimum absolute atomic E-state index is 0.111. The SMILES string of the molecule is CCOc1ccc(/C=C/C(=O)Nc2cccc(NC(=O)Cc3ccccc3)c2)cc1. The van der Waals surface area contributed by atoms with Gasteiger partial charge in [0.15, 0.2) is 0 Å². The summed E-state index contributed by atoms with van der Waals surface area (Å²) in [7, 11) is 0. The zero-order valence-corrected chi connectivity index (χ0v) is 16.8. The highest BCUT2D eigenvalue weighted by Crippen LogP contribution is 2.16. The molecule has 3 aromatic carbocycles. The molecule has 0 fully saturated rings. The fourth-order valence-electron chi connectivity index (χ4n) is 2.86. The maximum atomic E-state index is 12.2. The first-order valence-corrected chi connectivity index (χ1v) is 9.78. The van der Waals surface area contributed by atoms with Crippen LogP contribution in [0.3, 0.4) is 0 Å². The number of benzene rings is 3. The van der Waals surface area contributed by atoms with Crippen LogP contribution in [0.1, 0.15) is 18.1 Å². The summed E-state index contributed by atoms with van der Waals surface area (Å²) in [6, 6.07) is 24.1. The van der Waals surface area contributed by atoms with Crippen molar-refractivity contribution in [3.05, 3.63) is 96.1 Å². The highest BCUT2D eigenvalue weighted by molar-refractivity contribution is 6.02. The van der Waals surface area contributed by atoms with E-state index in [9.17, 15) is 9.59 Å². The summed E-state index contributed by atoms with van der Waals surface area (Å²) in [6.07, 6.45) is 3.50. The van der Waals surface area contributed by atoms with Crippen molar-refractivity contribution in [3.63, 3.8) is 0 Å². The number of nitrogens with one attached hydrogen (secondary N) is 2. The van der Waals surface area contributed by atoms with Crippen molar-refractivity contribution in [2.45, 2.75) is 13.3 Å². The zero-order chi connectivity index (χ0) is 21.2. The van der Waals surface area contributed by atoms with Gasteiger partial charge in [0.1, 0.15) is 5.75 Å². The lowest BCUT2D eigenvalue weighted by Gasteiger charge is -2.08. The highest BCUT2D eigenvalue weighted by Gasteiger charge is 2.05. The molecule has 0 aliphatic rings. The third-order valence-electron chi connectivity index (χ3n) is 4.24. The van der Waals surface area contributed by atoms with Crippen LogP contribution in [-0.2, 0) is 16.0 Å². The fourth-order valence-corrected chi connectivity index (χ4v) is 2.86. The number of anilines is 2. The van der Waals surface area contributed by atoms with Crippen molar-refractivity contribution in [1.29, 1.82) is 0 Å². The molecule has 5 nitrogen and oxygen atoms in total. The molecule has 2 N–H and O–H groups in total. The summed E-state index contributed by atoms with van der Waals surface area (Å²) in [6.45, 7) is 2.55. The first-order valence-electron chi connectivity index (χ1n) is 9.78. The molecule has 0 bridgehead atoms. The molecule has 0 radical (unpaired) electrons. The molecule has 3 rings (SSSR count). The molecule has 0 heterocycles. The second-order valence-corrected chi connectivity index (χ2v) is 6.62. The van der Waals surface area contributed by atoms with Gasteiger partial charge in [-0.1, -0.05) is 48.5 Å². The van der Waals surface area contributed by atoms with Crippen LogP contribution in [0.15, 0.2) is 84.9 Å². The summed E-state index contributed by atoms with van der Waals surface area (Å²) >= 11 is 0. The van der Waals surface area contributed by atoms with Crippen LogP contribution < -0.4 is 15.4 Å². The molecule has 30 heavy (non-hydrogen) atoms. The molecule has 0 saturated heterocycles. The van der Waals surface area contributed by atoms with Gasteiger partial charge in [-0.3, -0.25) is 9.59 Å². The Hall–Kier alpha value is -3.86. The lowest BCUT2D eigenvalue weighted by molar-refractivity contribution is -0.115. The fraction of sp³-hybridized carbons (Fsp3) is 0.120. The van der Waals surface area contributed by atoms with Gasteiger partial charge in [0, 0.05) is 17.5 Å². The van der Waals surface area contributed by atoms with Gasteiger partial charge in [-0.2, -0.15) is 0 Å². The van der Waals surface area contributed by atoms with E-state index in [1.165, 1.54) is 6.08 Å². The molecule has 3 aromatic rings. The number of rotatable bonds is 8. The predicted octanol–water partition coefficient (Wildman–Crippen LogP) is 4.92. The molecule has 0 saturated carbocycles. The molecule has 0 aromatic heterocycles. The molecule has 0 aliphatic heterocycles. The topological polar surface area (TPSA) is 67.4 Å². The Labute approximate surface area is 176 Å². The Morgan fingerprint density at radius 2 is 1.57 bits per heavy atom. The monoisotopic (exact) mass is 400 g/mol. The van der Waals surface area contributed by atoms with Gasteiger partial charge in [0.2, 0.25) is 11.8 Å². The minimum Gasteiger partial charge on any atom is -0.494 e. The maximum Gasteiger partial charge on any atom is 0.248 e. The second-order valence-electron chi connectivity index (χ2n) is 6.62. The van der Waals surface area contributed by atoms with E-state index in [-0.39, 0.29) is 11.8 Å². The third-order valence-corrected chi connectivity index (χ3v) is 4.24. The van der Waals surface area contributed by atoms with Crippen molar-refractivity contribution >= 4 is 29.3 Å². The van der Waals surface area contributed by atoms with Crippen molar-refractivity contribution in [2.24, 2.45) is 0 Å². The molecule has 0 spiro atoms. The normalized spacial score (nSPS) is 10.6. The van der Waals surface area contributed by atoms with E-state index in [2.05, 4.69) is 10.6 Å². The van der Waals surface area contributed by atoms with Crippen LogP contribution in [0.25, 0.3) is 6.08 Å². The number of carbonyl (C=O) groups excluding carboxylic acids is 2. The lowest BCUT2D eigenvalue weighted by Crippen LogP contribution is -2.14. The Morgan fingerprint density at radius 3 is 2.27 bits per heavy atom. The molecule has 2 amide bonds. The molecular formula is C25H24N2O3. The van der Waals surface area contributed by atoms with Crippen LogP contribution in [0.4, 0.5) is 11.4 Å². The van der Waals surface area contributed by atoms with Gasteiger partial charge in [-0.15, -0.1) is 0 Å². The van der Waals surface area contributed by atoms with Gasteiger partial charge in [0.05, 0.1) is 13.0 Å². The summed E-state index contributed by atoms with van der Waals surface area (Å²) in [5.41, 5.74) is 3.08. The summed E-state index contributed by atoms with van der Waals surface area (Å²) in [4.78, 5) is 24.4. The first-order chi connectivity index (χ1) is 14.6. The quantitative estimate of drug-likeness (QED) is 0.528. The lowest BCUT2D eigenvalue weighted by atomic mass is 10.1. The smallest absolute Gasteiger partial charge is 0.248 e. The van der Waals surface area contributed by atoms with E-state index in [0.29, 0.717) is 24.4 Å². The average molecular weight is 400 g/mol. The number of hydrogen-bond donors (Lipinski definition) is 2. The Bertz CT molecular complexity index is 1010. The summed E-state index contributed by atoms with van der Waals surface area (Å²) < 4.78 is 5.40. The molecule has 5 heteroatoms. The van der Waals surface area contributed by atoms with E-state index in [1.807, 2.05) is 61.5 Å². The van der Waals surface area contributed by atoms with Crippen molar-refractivity contribution in [1.82, 2.24) is 0 Å². The zero-order valence-electron chi connectivity index (χ0n) is 16.8. The largest absolute Gasteiger partial charge is 0.494 e. The molecular weight excluding hydrogens is 376 g/mol. The van der Waals surface area contributed by atoms with Crippen LogP contribution in [-0.4, -0.2) is 18.4 Å². The summed E-state index contributed by atoms with van der Waals surface area (Å²) in [5.74, 6) is 0.432. The standard InChI is InChI=1S/C25H24N2O3/c1-2-30-23-14-11-19(12-15-23)13-16-24(28)26-21-9-6-10-22(18-21)27-25(29)17-20-7-4-3-5-8-20/h3-16,18H,2,17H2,1H3,(H,26,28)(H,27,29)/b16-13+. The van der Waals surface area contributed by atoms with Gasteiger partial charge < -0.3 is 15.4 Å². The minimum atomic E-state index is -0.253. The van der Waals surface area contributed by atoms with Gasteiger partial charge in [-0.05, 0) is 54.5 Å². The second kappa shape index (κ2) is 10.6. The molecule has 0 atom stereocenters. The number of amides is 2. The van der Waals surface area contributed by atoms with E-state index < -0.39 is 0 Å². The van der Waals surface area contributed by atoms with Gasteiger partial charge >= 0.3 is 0 Å². The van der Waals surface area contributed by atoms with E-state index in [1.54, 1.807) is 30.3 Å². The summed E-state index contributed by atoms with van der Waals surface area (Å²) in [5, 5.41) is 5.66. The average Bonchev–Trinajstić information content (AvgIpc) is 2.74. The van der Waals surface area contributed by atoms with E-state index in [4.69, 9.17) is 4.74 Å². The van der Waals surface area contributed by atoms with Crippen LogP contribution >= 0.6 is 0 Å².